The standard InChI is InChI=1S/C39H89N9O8/c1-11-26(7)33(37(54)45-27(12-2)25(5)6)48-35(52)29(18-14-16-20-41)44-32(50)23-42-31(49)22-43-34(51)28(17-13-15-19-40)46-36(53)30(21-24(3)4)47-38(55)56-39(8,9)10/h24-38,42-55H,11-23,40-41H2,1-10H3/t26?,27-,28-,29+,30+,31?,32?,33-,34?,35?,36?,37?,38?/m1/s1. The molecule has 17 heteroatoms. The average molecular weight is 812 g/mol. The van der Waals surface area contributed by atoms with E-state index in [1.54, 1.807) is 0 Å². The first-order chi connectivity index (χ1) is 26.2. The van der Waals surface area contributed by atoms with Gasteiger partial charge in [0, 0.05) is 31.2 Å². The van der Waals surface area contributed by atoms with Crippen LogP contribution in [-0.2, 0) is 4.74 Å². The second-order valence-corrected chi connectivity index (χ2v) is 17.2. The van der Waals surface area contributed by atoms with Gasteiger partial charge in [-0.2, -0.15) is 0 Å². The van der Waals surface area contributed by atoms with Crippen LogP contribution in [0.1, 0.15) is 127 Å². The highest BCUT2D eigenvalue weighted by atomic mass is 16.6. The maximum atomic E-state index is 11.4. The Kier molecular flexibility index (Phi) is 30.0. The third kappa shape index (κ3) is 25.1. The molecule has 0 aromatic heterocycles. The molecule has 0 aliphatic carbocycles. The molecule has 0 spiro atoms. The highest BCUT2D eigenvalue weighted by molar-refractivity contribution is 4.87. The maximum absolute atomic E-state index is 11.4. The van der Waals surface area contributed by atoms with Crippen LogP contribution < -0.4 is 48.7 Å². The summed E-state index contributed by atoms with van der Waals surface area (Å²) < 4.78 is 5.59. The first kappa shape index (κ1) is 55.3. The molecule has 0 aliphatic rings. The summed E-state index contributed by atoms with van der Waals surface area (Å²) >= 11 is 0. The van der Waals surface area contributed by atoms with Gasteiger partial charge in [-0.1, -0.05) is 67.7 Å². The van der Waals surface area contributed by atoms with Crippen LogP contribution in [0.15, 0.2) is 0 Å². The van der Waals surface area contributed by atoms with Crippen LogP contribution in [0.5, 0.6) is 0 Å². The van der Waals surface area contributed by atoms with Gasteiger partial charge in [-0.05, 0) is 90.1 Å². The Balaban J connectivity index is 5.51. The minimum atomic E-state index is -1.32. The summed E-state index contributed by atoms with van der Waals surface area (Å²) in [5.41, 5.74) is 10.8. The van der Waals surface area contributed by atoms with E-state index in [-0.39, 0.29) is 31.0 Å². The number of ether oxygens (including phenoxy) is 1. The molecule has 338 valence electrons. The molecular formula is C39H89N9O8. The number of hydrogen-bond donors (Lipinski definition) is 16. The predicted octanol–water partition coefficient (Wildman–Crippen LogP) is -0.626. The lowest BCUT2D eigenvalue weighted by Gasteiger charge is -2.37. The lowest BCUT2D eigenvalue weighted by Crippen LogP contribution is -2.62. The largest absolute Gasteiger partial charge is 0.377 e. The van der Waals surface area contributed by atoms with Crippen molar-refractivity contribution in [1.82, 2.24) is 37.2 Å². The fourth-order valence-electron chi connectivity index (χ4n) is 6.60. The smallest absolute Gasteiger partial charge is 0.214 e. The van der Waals surface area contributed by atoms with Crippen molar-refractivity contribution < 1.29 is 40.5 Å². The zero-order valence-electron chi connectivity index (χ0n) is 36.5. The third-order valence-electron chi connectivity index (χ3n) is 10.1. The Morgan fingerprint density at radius 2 is 1.07 bits per heavy atom. The minimum absolute atomic E-state index is 0.0314. The Labute approximate surface area is 339 Å². The monoisotopic (exact) mass is 812 g/mol. The fraction of sp³-hybridized carbons (Fsp3) is 1.00. The molecule has 0 amide bonds. The Morgan fingerprint density at radius 3 is 1.55 bits per heavy atom. The van der Waals surface area contributed by atoms with Crippen molar-refractivity contribution in [3.63, 3.8) is 0 Å². The first-order valence-electron chi connectivity index (χ1n) is 21.3. The number of nitrogens with two attached hydrogens (primary N) is 2. The summed E-state index contributed by atoms with van der Waals surface area (Å²) in [7, 11) is 0. The number of nitrogens with one attached hydrogen (secondary N) is 7. The normalized spacial score (nSPS) is 19.9. The van der Waals surface area contributed by atoms with E-state index in [0.717, 1.165) is 19.3 Å². The lowest BCUT2D eigenvalue weighted by atomic mass is 9.94. The highest BCUT2D eigenvalue weighted by Gasteiger charge is 2.32. The van der Waals surface area contributed by atoms with Crippen molar-refractivity contribution in [2.45, 2.75) is 207 Å². The molecule has 56 heavy (non-hydrogen) atoms. The second kappa shape index (κ2) is 30.4. The van der Waals surface area contributed by atoms with E-state index in [4.69, 9.17) is 16.2 Å². The van der Waals surface area contributed by atoms with E-state index in [1.165, 1.54) is 0 Å². The maximum Gasteiger partial charge on any atom is 0.214 e. The van der Waals surface area contributed by atoms with E-state index in [1.807, 2.05) is 48.5 Å². The van der Waals surface area contributed by atoms with Gasteiger partial charge >= 0.3 is 0 Å². The highest BCUT2D eigenvalue weighted by Crippen LogP contribution is 2.17. The van der Waals surface area contributed by atoms with Crippen molar-refractivity contribution in [1.29, 1.82) is 0 Å². The molecule has 18 N–H and O–H groups in total. The van der Waals surface area contributed by atoms with Gasteiger partial charge in [-0.25, -0.2) is 0 Å². The van der Waals surface area contributed by atoms with Crippen LogP contribution in [0, 0.1) is 17.8 Å². The number of hydrogen-bond acceptors (Lipinski definition) is 17. The third-order valence-corrected chi connectivity index (χ3v) is 10.1. The van der Waals surface area contributed by atoms with Gasteiger partial charge in [0.15, 0.2) is 0 Å². The van der Waals surface area contributed by atoms with Crippen molar-refractivity contribution in [2.24, 2.45) is 29.2 Å². The van der Waals surface area contributed by atoms with E-state index in [0.29, 0.717) is 57.5 Å². The van der Waals surface area contributed by atoms with Gasteiger partial charge in [0.05, 0.1) is 17.7 Å². The Hall–Kier alpha value is -0.680. The van der Waals surface area contributed by atoms with Crippen LogP contribution >= 0.6 is 0 Å². The quantitative estimate of drug-likeness (QED) is 0.0280. The zero-order valence-corrected chi connectivity index (χ0v) is 36.5. The molecule has 0 saturated carbocycles. The van der Waals surface area contributed by atoms with Crippen molar-refractivity contribution in [3.05, 3.63) is 0 Å². The summed E-state index contributed by atoms with van der Waals surface area (Å²) in [6, 6.07) is -2.19. The van der Waals surface area contributed by atoms with Crippen molar-refractivity contribution in [3.8, 4) is 0 Å². The lowest BCUT2D eigenvalue weighted by molar-refractivity contribution is -0.191. The average Bonchev–Trinajstić information content (AvgIpc) is 3.11. The van der Waals surface area contributed by atoms with Gasteiger partial charge < -0.3 is 51.9 Å². The molecule has 0 heterocycles. The zero-order chi connectivity index (χ0) is 43.0. The molecule has 0 rings (SSSR count). The summed E-state index contributed by atoms with van der Waals surface area (Å²) in [5.74, 6) is 0.525. The summed E-state index contributed by atoms with van der Waals surface area (Å²) in [5, 5.41) is 98.5. The van der Waals surface area contributed by atoms with Gasteiger partial charge in [-0.3, -0.25) is 37.2 Å². The van der Waals surface area contributed by atoms with Crippen LogP contribution in [0.4, 0.5) is 0 Å². The van der Waals surface area contributed by atoms with Crippen LogP contribution in [0.2, 0.25) is 0 Å². The molecule has 0 fully saturated rings. The number of aliphatic hydroxyl groups excluding tert-OH is 7. The second-order valence-electron chi connectivity index (χ2n) is 17.2. The number of unbranched alkanes of at least 4 members (excludes halogenated alkanes) is 2. The molecule has 13 atom stereocenters. The summed E-state index contributed by atoms with van der Waals surface area (Å²) in [4.78, 5) is 0. The fourth-order valence-corrected chi connectivity index (χ4v) is 6.60. The molecule has 8 unspecified atom stereocenters. The van der Waals surface area contributed by atoms with Crippen LogP contribution in [-0.4, -0.2) is 142 Å². The van der Waals surface area contributed by atoms with E-state index >= 15 is 0 Å². The van der Waals surface area contributed by atoms with E-state index in [9.17, 15) is 35.7 Å². The van der Waals surface area contributed by atoms with Crippen molar-refractivity contribution >= 4 is 0 Å². The SMILES string of the molecule is CCC(C)[C@@H](NC(O)[C@H](CCCCN)NC(O)CNC(O)CNC(O)[C@@H](CCCCN)NC(O)[C@H](CC(C)C)NC(O)OC(C)(C)C)C(O)N[C@H](CC)C(C)C. The molecule has 0 saturated heterocycles. The molecule has 0 aromatic carbocycles. The summed E-state index contributed by atoms with van der Waals surface area (Å²) in [6.07, 6.45) is -2.07. The Morgan fingerprint density at radius 1 is 0.554 bits per heavy atom. The molecular weight excluding hydrogens is 722 g/mol. The van der Waals surface area contributed by atoms with Crippen LogP contribution in [0.25, 0.3) is 0 Å². The molecule has 0 aliphatic heterocycles. The molecule has 17 nitrogen and oxygen atoms in total. The molecule has 0 bridgehead atoms. The van der Waals surface area contributed by atoms with Crippen LogP contribution in [0.3, 0.4) is 0 Å². The molecule has 0 aromatic rings. The van der Waals surface area contributed by atoms with E-state index in [2.05, 4.69) is 58.0 Å². The van der Waals surface area contributed by atoms with Gasteiger partial charge in [0.1, 0.15) is 37.4 Å². The van der Waals surface area contributed by atoms with Gasteiger partial charge in [-0.15, -0.1) is 0 Å². The number of aliphatic hydroxyl groups is 7. The van der Waals surface area contributed by atoms with E-state index < -0.39 is 73.5 Å². The van der Waals surface area contributed by atoms with Gasteiger partial charge in [0.25, 0.3) is 0 Å². The van der Waals surface area contributed by atoms with Crippen molar-refractivity contribution in [2.75, 3.05) is 26.2 Å². The minimum Gasteiger partial charge on any atom is -0.377 e. The summed E-state index contributed by atoms with van der Waals surface area (Å²) in [6.45, 7) is 20.6. The Bertz CT molecular complexity index is 942. The predicted molar refractivity (Wildman–Crippen MR) is 223 cm³/mol. The first-order valence-corrected chi connectivity index (χ1v) is 21.3. The van der Waals surface area contributed by atoms with Gasteiger partial charge in [0.2, 0.25) is 6.41 Å². The topological polar surface area (TPSA) is 287 Å². The molecule has 0 radical (unpaired) electrons. The number of rotatable bonds is 35.